The fourth-order valence-electron chi connectivity index (χ4n) is 2.99. The van der Waals surface area contributed by atoms with E-state index in [1.807, 2.05) is 35.2 Å². The lowest BCUT2D eigenvalue weighted by molar-refractivity contribution is 0.0747. The van der Waals surface area contributed by atoms with Crippen LogP contribution in [-0.4, -0.2) is 51.2 Å². The first-order chi connectivity index (χ1) is 12.1. The third-order valence-electron chi connectivity index (χ3n) is 4.40. The van der Waals surface area contributed by atoms with Crippen molar-refractivity contribution in [3.8, 4) is 11.5 Å². The summed E-state index contributed by atoms with van der Waals surface area (Å²) in [5.74, 6) is 1.39. The molecule has 1 saturated heterocycles. The van der Waals surface area contributed by atoms with Gasteiger partial charge in [0.05, 0.1) is 24.8 Å². The molecule has 5 nitrogen and oxygen atoms in total. The maximum Gasteiger partial charge on any atom is 0.255 e. The molecule has 1 fully saturated rings. The van der Waals surface area contributed by atoms with Crippen molar-refractivity contribution in [1.29, 1.82) is 0 Å². The second kappa shape index (κ2) is 7.66. The van der Waals surface area contributed by atoms with Crippen molar-refractivity contribution in [2.24, 2.45) is 0 Å². The molecule has 0 aliphatic carbocycles. The number of carbonyl (C=O) groups excluding carboxylic acids is 1. The van der Waals surface area contributed by atoms with Crippen LogP contribution in [0.2, 0.25) is 5.02 Å². The van der Waals surface area contributed by atoms with Gasteiger partial charge in [-0.3, -0.25) is 4.79 Å². The summed E-state index contributed by atoms with van der Waals surface area (Å²) in [5, 5.41) is 0.495. The van der Waals surface area contributed by atoms with Crippen molar-refractivity contribution in [2.75, 3.05) is 45.3 Å². The molecule has 0 N–H and O–H groups in total. The van der Waals surface area contributed by atoms with Crippen LogP contribution in [-0.2, 0) is 0 Å². The molecule has 3 rings (SSSR count). The zero-order valence-corrected chi connectivity index (χ0v) is 15.1. The van der Waals surface area contributed by atoms with Crippen molar-refractivity contribution in [2.45, 2.75) is 0 Å². The van der Waals surface area contributed by atoms with Gasteiger partial charge >= 0.3 is 0 Å². The highest BCUT2D eigenvalue weighted by atomic mass is 35.5. The van der Waals surface area contributed by atoms with E-state index in [0.29, 0.717) is 35.2 Å². The minimum atomic E-state index is -0.0161. The molecule has 2 aromatic rings. The average Bonchev–Trinajstić information content (AvgIpc) is 2.67. The Morgan fingerprint density at radius 1 is 0.960 bits per heavy atom. The minimum absolute atomic E-state index is 0.0161. The summed E-state index contributed by atoms with van der Waals surface area (Å²) in [5.41, 5.74) is 1.62. The number of rotatable bonds is 4. The van der Waals surface area contributed by atoms with E-state index in [1.165, 1.54) is 0 Å². The second-order valence-corrected chi connectivity index (χ2v) is 6.21. The number of carbonyl (C=O) groups is 1. The topological polar surface area (TPSA) is 42.0 Å². The molecule has 132 valence electrons. The summed E-state index contributed by atoms with van der Waals surface area (Å²) in [6.07, 6.45) is 0. The van der Waals surface area contributed by atoms with Gasteiger partial charge in [0.2, 0.25) is 0 Å². The molecule has 1 aliphatic heterocycles. The quantitative estimate of drug-likeness (QED) is 0.838. The Balaban J connectivity index is 1.68. The number of halogens is 1. The van der Waals surface area contributed by atoms with Gasteiger partial charge in [-0.2, -0.15) is 0 Å². The van der Waals surface area contributed by atoms with Gasteiger partial charge < -0.3 is 19.3 Å². The highest BCUT2D eigenvalue weighted by Gasteiger charge is 2.24. The molecule has 0 spiro atoms. The molecule has 1 aliphatic rings. The van der Waals surface area contributed by atoms with E-state index in [0.717, 1.165) is 18.8 Å². The molecule has 0 bridgehead atoms. The normalized spacial score (nSPS) is 14.4. The predicted molar refractivity (Wildman–Crippen MR) is 99.1 cm³/mol. The lowest BCUT2D eigenvalue weighted by Gasteiger charge is -2.36. The van der Waals surface area contributed by atoms with Crippen LogP contribution in [0.15, 0.2) is 42.5 Å². The average molecular weight is 361 g/mol. The van der Waals surface area contributed by atoms with Crippen LogP contribution in [0, 0.1) is 0 Å². The van der Waals surface area contributed by atoms with Crippen LogP contribution in [0.25, 0.3) is 0 Å². The molecule has 25 heavy (non-hydrogen) atoms. The van der Waals surface area contributed by atoms with Crippen LogP contribution < -0.4 is 14.4 Å². The molecule has 0 unspecified atom stereocenters. The van der Waals surface area contributed by atoms with Crippen LogP contribution in [0.1, 0.15) is 10.4 Å². The molecule has 0 radical (unpaired) electrons. The number of hydrogen-bond acceptors (Lipinski definition) is 4. The third kappa shape index (κ3) is 3.66. The number of nitrogens with zero attached hydrogens (tertiary/aromatic N) is 2. The zero-order chi connectivity index (χ0) is 17.8. The number of methoxy groups -OCH3 is 2. The lowest BCUT2D eigenvalue weighted by atomic mass is 10.1. The van der Waals surface area contributed by atoms with Crippen LogP contribution >= 0.6 is 11.6 Å². The van der Waals surface area contributed by atoms with Gasteiger partial charge in [-0.25, -0.2) is 0 Å². The van der Waals surface area contributed by atoms with Gasteiger partial charge in [0.15, 0.2) is 11.5 Å². The third-order valence-corrected chi connectivity index (χ3v) is 4.73. The Morgan fingerprint density at radius 3 is 2.28 bits per heavy atom. The standard InChI is InChI=1S/C19H21ClN2O3/c1-24-17-8-7-14(13-18(17)25-2)21-9-11-22(12-10-21)19(23)15-5-3-4-6-16(15)20/h3-8,13H,9-12H2,1-2H3. The molecule has 1 heterocycles. The minimum Gasteiger partial charge on any atom is -0.493 e. The summed E-state index contributed by atoms with van der Waals surface area (Å²) >= 11 is 6.14. The first kappa shape index (κ1) is 17.4. The summed E-state index contributed by atoms with van der Waals surface area (Å²) in [7, 11) is 3.25. The number of hydrogen-bond donors (Lipinski definition) is 0. The van der Waals surface area contributed by atoms with E-state index in [9.17, 15) is 4.79 Å². The molecule has 0 aromatic heterocycles. The SMILES string of the molecule is COc1ccc(N2CCN(C(=O)c3ccccc3Cl)CC2)cc1OC. The highest BCUT2D eigenvalue weighted by molar-refractivity contribution is 6.33. The molecule has 1 amide bonds. The van der Waals surface area contributed by atoms with Crippen molar-refractivity contribution >= 4 is 23.2 Å². The Bertz CT molecular complexity index is 758. The van der Waals surface area contributed by atoms with Gasteiger partial charge in [0, 0.05) is 37.9 Å². The Kier molecular flexibility index (Phi) is 5.34. The van der Waals surface area contributed by atoms with E-state index in [2.05, 4.69) is 4.90 Å². The first-order valence-electron chi connectivity index (χ1n) is 8.15. The van der Waals surface area contributed by atoms with Crippen molar-refractivity contribution < 1.29 is 14.3 Å². The van der Waals surface area contributed by atoms with Crippen LogP contribution in [0.3, 0.4) is 0 Å². The van der Waals surface area contributed by atoms with Gasteiger partial charge in [0.25, 0.3) is 5.91 Å². The molecule has 0 atom stereocenters. The fraction of sp³-hybridized carbons (Fsp3) is 0.316. The van der Waals surface area contributed by atoms with E-state index < -0.39 is 0 Å². The summed E-state index contributed by atoms with van der Waals surface area (Å²) in [6.45, 7) is 2.81. The number of benzene rings is 2. The van der Waals surface area contributed by atoms with Gasteiger partial charge in [-0.1, -0.05) is 23.7 Å². The van der Waals surface area contributed by atoms with Gasteiger partial charge in [0.1, 0.15) is 0 Å². The Morgan fingerprint density at radius 2 is 1.64 bits per heavy atom. The van der Waals surface area contributed by atoms with Gasteiger partial charge in [-0.15, -0.1) is 0 Å². The highest BCUT2D eigenvalue weighted by Crippen LogP contribution is 2.32. The maximum atomic E-state index is 12.6. The molecule has 6 heteroatoms. The smallest absolute Gasteiger partial charge is 0.255 e. The predicted octanol–water partition coefficient (Wildman–Crippen LogP) is 3.32. The molecule has 2 aromatic carbocycles. The van der Waals surface area contributed by atoms with Crippen molar-refractivity contribution in [3.05, 3.63) is 53.1 Å². The summed E-state index contributed by atoms with van der Waals surface area (Å²) in [6, 6.07) is 13.0. The van der Waals surface area contributed by atoms with Crippen molar-refractivity contribution in [3.63, 3.8) is 0 Å². The first-order valence-corrected chi connectivity index (χ1v) is 8.52. The monoisotopic (exact) mass is 360 g/mol. The van der Waals surface area contributed by atoms with Gasteiger partial charge in [-0.05, 0) is 24.3 Å². The number of anilines is 1. The lowest BCUT2D eigenvalue weighted by Crippen LogP contribution is -2.48. The van der Waals surface area contributed by atoms with E-state index in [4.69, 9.17) is 21.1 Å². The van der Waals surface area contributed by atoms with E-state index >= 15 is 0 Å². The fourth-order valence-corrected chi connectivity index (χ4v) is 3.21. The summed E-state index contributed by atoms with van der Waals surface area (Å²) in [4.78, 5) is 16.7. The maximum absolute atomic E-state index is 12.6. The van der Waals surface area contributed by atoms with Crippen LogP contribution in [0.5, 0.6) is 11.5 Å². The molecular weight excluding hydrogens is 340 g/mol. The second-order valence-electron chi connectivity index (χ2n) is 5.80. The van der Waals surface area contributed by atoms with Crippen molar-refractivity contribution in [1.82, 2.24) is 4.90 Å². The largest absolute Gasteiger partial charge is 0.493 e. The number of amides is 1. The zero-order valence-electron chi connectivity index (χ0n) is 14.4. The van der Waals surface area contributed by atoms with Crippen LogP contribution in [0.4, 0.5) is 5.69 Å². The van der Waals surface area contributed by atoms with E-state index in [1.54, 1.807) is 26.4 Å². The Labute approximate surface area is 152 Å². The van der Waals surface area contributed by atoms with E-state index in [-0.39, 0.29) is 5.91 Å². The number of ether oxygens (including phenoxy) is 2. The molecule has 0 saturated carbocycles. The summed E-state index contributed by atoms with van der Waals surface area (Å²) < 4.78 is 10.6. The molecular formula is C19H21ClN2O3. The Hall–Kier alpha value is -2.40. The number of piperazine rings is 1.